The SMILES string of the molecule is O=S(=O)(NCc1ccc2c(c1)OCO2)N1CCOCC1. The molecule has 2 aliphatic heterocycles. The molecule has 20 heavy (non-hydrogen) atoms. The molecule has 2 heterocycles. The van der Waals surface area contributed by atoms with Crippen molar-refractivity contribution in [3.05, 3.63) is 23.8 Å². The summed E-state index contributed by atoms with van der Waals surface area (Å²) >= 11 is 0. The summed E-state index contributed by atoms with van der Waals surface area (Å²) in [6, 6.07) is 5.38. The van der Waals surface area contributed by atoms with Crippen LogP contribution in [0.3, 0.4) is 0 Å². The first-order valence-corrected chi connectivity index (χ1v) is 7.80. The lowest BCUT2D eigenvalue weighted by molar-refractivity contribution is 0.0725. The molecule has 1 aromatic carbocycles. The van der Waals surface area contributed by atoms with Gasteiger partial charge >= 0.3 is 0 Å². The van der Waals surface area contributed by atoms with E-state index in [1.807, 2.05) is 6.07 Å². The first-order valence-electron chi connectivity index (χ1n) is 6.36. The van der Waals surface area contributed by atoms with E-state index in [2.05, 4.69) is 4.72 Å². The van der Waals surface area contributed by atoms with Crippen molar-refractivity contribution < 1.29 is 22.6 Å². The molecule has 3 rings (SSSR count). The highest BCUT2D eigenvalue weighted by atomic mass is 32.2. The summed E-state index contributed by atoms with van der Waals surface area (Å²) < 4.78 is 43.8. The number of nitrogens with one attached hydrogen (secondary N) is 1. The number of morpholine rings is 1. The van der Waals surface area contributed by atoms with Gasteiger partial charge in [0.05, 0.1) is 13.2 Å². The Morgan fingerprint density at radius 1 is 1.15 bits per heavy atom. The predicted octanol–water partition coefficient (Wildman–Crippen LogP) is 0.0819. The predicted molar refractivity (Wildman–Crippen MR) is 70.7 cm³/mol. The summed E-state index contributed by atoms with van der Waals surface area (Å²) in [4.78, 5) is 0. The minimum absolute atomic E-state index is 0.207. The first-order chi connectivity index (χ1) is 9.65. The second kappa shape index (κ2) is 5.57. The summed E-state index contributed by atoms with van der Waals surface area (Å²) in [6.45, 7) is 2.07. The van der Waals surface area contributed by atoms with Crippen LogP contribution in [-0.4, -0.2) is 45.8 Å². The van der Waals surface area contributed by atoms with Crippen LogP contribution < -0.4 is 14.2 Å². The van der Waals surface area contributed by atoms with Crippen LogP contribution in [-0.2, 0) is 21.5 Å². The van der Waals surface area contributed by atoms with Crippen LogP contribution in [0.5, 0.6) is 11.5 Å². The summed E-state index contributed by atoms with van der Waals surface area (Å²) in [6.07, 6.45) is 0. The standard InChI is InChI=1S/C12H16N2O5S/c15-20(16,14-3-5-17-6-4-14)13-8-10-1-2-11-12(7-10)19-9-18-11/h1-2,7,13H,3-6,8-9H2. The van der Waals surface area contributed by atoms with E-state index in [0.29, 0.717) is 37.8 Å². The Morgan fingerprint density at radius 3 is 2.70 bits per heavy atom. The first kappa shape index (κ1) is 13.6. The molecule has 1 N–H and O–H groups in total. The van der Waals surface area contributed by atoms with Crippen molar-refractivity contribution in [3.8, 4) is 11.5 Å². The average molecular weight is 300 g/mol. The van der Waals surface area contributed by atoms with Gasteiger partial charge in [-0.25, -0.2) is 0 Å². The minimum Gasteiger partial charge on any atom is -0.454 e. The Bertz CT molecular complexity index is 584. The highest BCUT2D eigenvalue weighted by molar-refractivity contribution is 7.87. The molecule has 0 amide bonds. The Labute approximate surface area is 117 Å². The van der Waals surface area contributed by atoms with E-state index in [-0.39, 0.29) is 13.3 Å². The van der Waals surface area contributed by atoms with Gasteiger partial charge < -0.3 is 14.2 Å². The normalized spacial score (nSPS) is 19.2. The number of hydrogen-bond acceptors (Lipinski definition) is 5. The van der Waals surface area contributed by atoms with E-state index in [0.717, 1.165) is 5.56 Å². The van der Waals surface area contributed by atoms with Crippen LogP contribution in [0.1, 0.15) is 5.56 Å². The van der Waals surface area contributed by atoms with Crippen LogP contribution in [0, 0.1) is 0 Å². The fourth-order valence-corrected chi connectivity index (χ4v) is 3.27. The summed E-state index contributed by atoms with van der Waals surface area (Å²) in [5.41, 5.74) is 0.825. The number of hydrogen-bond donors (Lipinski definition) is 1. The molecule has 2 aliphatic rings. The second-order valence-electron chi connectivity index (χ2n) is 4.53. The molecule has 0 atom stereocenters. The smallest absolute Gasteiger partial charge is 0.279 e. The van der Waals surface area contributed by atoms with Crippen molar-refractivity contribution in [2.75, 3.05) is 33.1 Å². The van der Waals surface area contributed by atoms with Crippen LogP contribution in [0.25, 0.3) is 0 Å². The van der Waals surface area contributed by atoms with Crippen molar-refractivity contribution in [2.45, 2.75) is 6.54 Å². The molecule has 7 nitrogen and oxygen atoms in total. The monoisotopic (exact) mass is 300 g/mol. The Morgan fingerprint density at radius 2 is 1.90 bits per heavy atom. The molecule has 0 radical (unpaired) electrons. The molecule has 0 bridgehead atoms. The van der Waals surface area contributed by atoms with Crippen molar-refractivity contribution in [1.29, 1.82) is 0 Å². The Kier molecular flexibility index (Phi) is 3.79. The molecular formula is C12H16N2O5S. The van der Waals surface area contributed by atoms with Gasteiger partial charge in [0.25, 0.3) is 10.2 Å². The molecule has 0 aliphatic carbocycles. The molecule has 0 aromatic heterocycles. The second-order valence-corrected chi connectivity index (χ2v) is 6.28. The van der Waals surface area contributed by atoms with Crippen molar-refractivity contribution >= 4 is 10.2 Å². The molecule has 110 valence electrons. The van der Waals surface area contributed by atoms with Gasteiger partial charge in [-0.1, -0.05) is 6.07 Å². The highest BCUT2D eigenvalue weighted by Gasteiger charge is 2.24. The minimum atomic E-state index is -3.46. The average Bonchev–Trinajstić information content (AvgIpc) is 2.94. The third-order valence-electron chi connectivity index (χ3n) is 3.21. The molecule has 1 saturated heterocycles. The van der Waals surface area contributed by atoms with Gasteiger partial charge in [-0.2, -0.15) is 17.4 Å². The van der Waals surface area contributed by atoms with Crippen molar-refractivity contribution in [1.82, 2.24) is 9.03 Å². The Hall–Kier alpha value is -1.35. The molecule has 1 fully saturated rings. The quantitative estimate of drug-likeness (QED) is 0.852. The third kappa shape index (κ3) is 2.88. The molecule has 1 aromatic rings. The van der Waals surface area contributed by atoms with Gasteiger partial charge in [-0.15, -0.1) is 0 Å². The van der Waals surface area contributed by atoms with E-state index in [9.17, 15) is 8.42 Å². The lowest BCUT2D eigenvalue weighted by Gasteiger charge is -2.26. The Balaban J connectivity index is 1.63. The molecule has 0 saturated carbocycles. The molecular weight excluding hydrogens is 284 g/mol. The third-order valence-corrected chi connectivity index (χ3v) is 4.76. The van der Waals surface area contributed by atoms with Crippen LogP contribution in [0.2, 0.25) is 0 Å². The van der Waals surface area contributed by atoms with E-state index in [1.54, 1.807) is 12.1 Å². The van der Waals surface area contributed by atoms with Crippen LogP contribution in [0.15, 0.2) is 18.2 Å². The van der Waals surface area contributed by atoms with Gasteiger partial charge in [0.1, 0.15) is 0 Å². The van der Waals surface area contributed by atoms with E-state index >= 15 is 0 Å². The maximum absolute atomic E-state index is 12.1. The maximum atomic E-state index is 12.1. The molecule has 0 unspecified atom stereocenters. The van der Waals surface area contributed by atoms with Gasteiger partial charge in [-0.3, -0.25) is 0 Å². The van der Waals surface area contributed by atoms with Gasteiger partial charge in [0.2, 0.25) is 6.79 Å². The number of rotatable bonds is 4. The lowest BCUT2D eigenvalue weighted by atomic mass is 10.2. The van der Waals surface area contributed by atoms with E-state index < -0.39 is 10.2 Å². The number of nitrogens with zero attached hydrogens (tertiary/aromatic N) is 1. The van der Waals surface area contributed by atoms with Gasteiger partial charge in [-0.05, 0) is 17.7 Å². The van der Waals surface area contributed by atoms with E-state index in [1.165, 1.54) is 4.31 Å². The number of fused-ring (bicyclic) bond motifs is 1. The van der Waals surface area contributed by atoms with Crippen molar-refractivity contribution in [3.63, 3.8) is 0 Å². The summed E-state index contributed by atoms with van der Waals surface area (Å²) in [5, 5.41) is 0. The topological polar surface area (TPSA) is 77.1 Å². The van der Waals surface area contributed by atoms with Crippen molar-refractivity contribution in [2.24, 2.45) is 0 Å². The van der Waals surface area contributed by atoms with Crippen LogP contribution in [0.4, 0.5) is 0 Å². The largest absolute Gasteiger partial charge is 0.454 e. The molecule has 8 heteroatoms. The molecule has 0 spiro atoms. The van der Waals surface area contributed by atoms with E-state index in [4.69, 9.17) is 14.2 Å². The zero-order chi connectivity index (χ0) is 14.0. The maximum Gasteiger partial charge on any atom is 0.279 e. The highest BCUT2D eigenvalue weighted by Crippen LogP contribution is 2.32. The van der Waals surface area contributed by atoms with Gasteiger partial charge in [0, 0.05) is 19.6 Å². The number of ether oxygens (including phenoxy) is 3. The summed E-state index contributed by atoms with van der Waals surface area (Å²) in [5.74, 6) is 1.33. The zero-order valence-corrected chi connectivity index (χ0v) is 11.7. The van der Waals surface area contributed by atoms with Gasteiger partial charge in [0.15, 0.2) is 11.5 Å². The number of benzene rings is 1. The zero-order valence-electron chi connectivity index (χ0n) is 10.9. The van der Waals surface area contributed by atoms with Crippen LogP contribution >= 0.6 is 0 Å². The fraction of sp³-hybridized carbons (Fsp3) is 0.500. The lowest BCUT2D eigenvalue weighted by Crippen LogP contribution is -2.46. The fourth-order valence-electron chi connectivity index (χ4n) is 2.10. The summed E-state index contributed by atoms with van der Waals surface area (Å²) in [7, 11) is -3.46.